The van der Waals surface area contributed by atoms with E-state index in [4.69, 9.17) is 22.1 Å². The van der Waals surface area contributed by atoms with Crippen LogP contribution in [-0.4, -0.2) is 15.9 Å². The third kappa shape index (κ3) is 4.58. The van der Waals surface area contributed by atoms with Gasteiger partial charge in [-0.1, -0.05) is 42.8 Å². The number of carbonyl (C=O) groups excluding carboxylic acids is 1. The fourth-order valence-corrected chi connectivity index (χ4v) is 2.65. The van der Waals surface area contributed by atoms with Crippen LogP contribution in [0.4, 0.5) is 0 Å². The highest BCUT2D eigenvalue weighted by atomic mass is 35.5. The largest absolute Gasteiger partial charge is 0.439 e. The van der Waals surface area contributed by atoms with Gasteiger partial charge >= 0.3 is 0 Å². The van der Waals surface area contributed by atoms with E-state index in [-0.39, 0.29) is 12.3 Å². The smallest absolute Gasteiger partial charge is 0.223 e. The molecule has 0 unspecified atom stereocenters. The predicted octanol–water partition coefficient (Wildman–Crippen LogP) is 4.18. The number of nitrogens with zero attached hydrogens (tertiary/aromatic N) is 2. The van der Waals surface area contributed by atoms with Crippen molar-refractivity contribution in [3.63, 3.8) is 0 Å². The van der Waals surface area contributed by atoms with Crippen LogP contribution in [0, 0.1) is 0 Å². The quantitative estimate of drug-likeness (QED) is 0.708. The molecular formula is C20H18ClN3O2. The summed E-state index contributed by atoms with van der Waals surface area (Å²) < 4.78 is 5.87. The zero-order valence-electron chi connectivity index (χ0n) is 14.3. The van der Waals surface area contributed by atoms with Crippen LogP contribution in [0.2, 0.25) is 5.02 Å². The van der Waals surface area contributed by atoms with Crippen molar-refractivity contribution in [1.29, 1.82) is 0 Å². The summed E-state index contributed by atoms with van der Waals surface area (Å²) in [6.07, 6.45) is 0.955. The van der Waals surface area contributed by atoms with Crippen LogP contribution in [0.5, 0.6) is 11.6 Å². The molecule has 3 rings (SSSR count). The molecule has 0 aliphatic heterocycles. The number of aromatic nitrogens is 2. The summed E-state index contributed by atoms with van der Waals surface area (Å²) >= 11 is 6.07. The van der Waals surface area contributed by atoms with Crippen molar-refractivity contribution < 1.29 is 9.53 Å². The maximum absolute atomic E-state index is 11.0. The molecule has 0 saturated carbocycles. The molecule has 0 aliphatic rings. The Bertz CT molecular complexity index is 927. The van der Waals surface area contributed by atoms with Crippen LogP contribution in [0.15, 0.2) is 54.6 Å². The van der Waals surface area contributed by atoms with E-state index < -0.39 is 0 Å². The number of ether oxygens (including phenoxy) is 1. The Morgan fingerprint density at radius 2 is 1.88 bits per heavy atom. The van der Waals surface area contributed by atoms with Crippen LogP contribution in [0.1, 0.15) is 18.2 Å². The summed E-state index contributed by atoms with van der Waals surface area (Å²) in [5.74, 6) is 1.27. The molecule has 3 aromatic rings. The number of rotatable bonds is 6. The molecule has 0 radical (unpaired) electrons. The number of amides is 1. The maximum atomic E-state index is 11.0. The highest BCUT2D eigenvalue weighted by Crippen LogP contribution is 2.25. The van der Waals surface area contributed by atoms with E-state index in [1.165, 1.54) is 0 Å². The Hall–Kier alpha value is -2.92. The van der Waals surface area contributed by atoms with Crippen LogP contribution >= 0.6 is 11.6 Å². The average Bonchev–Trinajstić information content (AvgIpc) is 2.62. The Labute approximate surface area is 156 Å². The van der Waals surface area contributed by atoms with Crippen molar-refractivity contribution >= 4 is 17.5 Å². The average molecular weight is 368 g/mol. The first kappa shape index (κ1) is 17.9. The molecule has 0 aliphatic carbocycles. The first-order valence-electron chi connectivity index (χ1n) is 8.22. The Balaban J connectivity index is 1.87. The van der Waals surface area contributed by atoms with Gasteiger partial charge in [-0.2, -0.15) is 4.98 Å². The molecule has 0 fully saturated rings. The maximum Gasteiger partial charge on any atom is 0.223 e. The van der Waals surface area contributed by atoms with Crippen molar-refractivity contribution in [2.24, 2.45) is 5.73 Å². The van der Waals surface area contributed by atoms with Crippen molar-refractivity contribution in [2.45, 2.75) is 19.8 Å². The number of nitrogens with two attached hydrogens (primary N) is 1. The minimum Gasteiger partial charge on any atom is -0.439 e. The van der Waals surface area contributed by atoms with Crippen LogP contribution in [0.3, 0.4) is 0 Å². The van der Waals surface area contributed by atoms with E-state index >= 15 is 0 Å². The van der Waals surface area contributed by atoms with E-state index in [2.05, 4.69) is 9.97 Å². The number of aryl methyl sites for hydroxylation is 1. The van der Waals surface area contributed by atoms with Gasteiger partial charge in [0.15, 0.2) is 5.82 Å². The molecule has 26 heavy (non-hydrogen) atoms. The van der Waals surface area contributed by atoms with Crippen molar-refractivity contribution in [2.75, 3.05) is 0 Å². The fraction of sp³-hybridized carbons (Fsp3) is 0.150. The highest BCUT2D eigenvalue weighted by Gasteiger charge is 2.09. The summed E-state index contributed by atoms with van der Waals surface area (Å²) in [6.45, 7) is 2.02. The van der Waals surface area contributed by atoms with Crippen molar-refractivity contribution in [3.8, 4) is 23.0 Å². The van der Waals surface area contributed by atoms with Gasteiger partial charge in [0.1, 0.15) is 5.75 Å². The van der Waals surface area contributed by atoms with E-state index in [1.807, 2.05) is 31.2 Å². The van der Waals surface area contributed by atoms with Gasteiger partial charge in [0.2, 0.25) is 11.8 Å². The fourth-order valence-electron chi connectivity index (χ4n) is 2.46. The summed E-state index contributed by atoms with van der Waals surface area (Å²) in [5, 5.41) is 0.625. The molecule has 0 bridgehead atoms. The molecule has 6 heteroatoms. The standard InChI is InChI=1S/C20H18ClN3O2/c1-2-16-12-19(24-20(23-16)14-4-3-5-15(21)11-14)26-17-8-6-13(7-9-17)10-18(22)25/h3-9,11-12H,2,10H2,1H3,(H2,22,25). The SMILES string of the molecule is CCc1cc(Oc2ccc(CC(N)=O)cc2)nc(-c2cccc(Cl)c2)n1. The zero-order chi connectivity index (χ0) is 18.5. The normalized spacial score (nSPS) is 10.5. The number of hydrogen-bond acceptors (Lipinski definition) is 4. The lowest BCUT2D eigenvalue weighted by molar-refractivity contribution is -0.117. The van der Waals surface area contributed by atoms with Crippen LogP contribution in [-0.2, 0) is 17.6 Å². The molecule has 1 aromatic heterocycles. The predicted molar refractivity (Wildman–Crippen MR) is 101 cm³/mol. The van der Waals surface area contributed by atoms with Gasteiger partial charge in [0.25, 0.3) is 0 Å². The second-order valence-corrected chi connectivity index (χ2v) is 6.21. The molecule has 2 N–H and O–H groups in total. The molecule has 0 spiro atoms. The minimum absolute atomic E-state index is 0.201. The number of benzene rings is 2. The molecule has 1 amide bonds. The number of primary amides is 1. The van der Waals surface area contributed by atoms with Crippen molar-refractivity contribution in [3.05, 3.63) is 70.9 Å². The highest BCUT2D eigenvalue weighted by molar-refractivity contribution is 6.30. The Morgan fingerprint density at radius 1 is 1.12 bits per heavy atom. The lowest BCUT2D eigenvalue weighted by Gasteiger charge is -2.09. The summed E-state index contributed by atoms with van der Waals surface area (Å²) in [4.78, 5) is 20.0. The summed E-state index contributed by atoms with van der Waals surface area (Å²) in [7, 11) is 0. The van der Waals surface area contributed by atoms with Gasteiger partial charge in [-0.25, -0.2) is 4.98 Å². The molecule has 0 saturated heterocycles. The Kier molecular flexibility index (Phi) is 5.49. The van der Waals surface area contributed by atoms with Gasteiger partial charge in [-0.15, -0.1) is 0 Å². The lowest BCUT2D eigenvalue weighted by Crippen LogP contribution is -2.13. The topological polar surface area (TPSA) is 78.1 Å². The monoisotopic (exact) mass is 367 g/mol. The first-order valence-corrected chi connectivity index (χ1v) is 8.60. The molecule has 0 atom stereocenters. The first-order chi connectivity index (χ1) is 12.5. The van der Waals surface area contributed by atoms with Crippen molar-refractivity contribution in [1.82, 2.24) is 9.97 Å². The van der Waals surface area contributed by atoms with Crippen LogP contribution < -0.4 is 10.5 Å². The molecule has 2 aromatic carbocycles. The van der Waals surface area contributed by atoms with E-state index in [1.54, 1.807) is 30.3 Å². The third-order valence-electron chi connectivity index (χ3n) is 3.72. The zero-order valence-corrected chi connectivity index (χ0v) is 15.0. The molecule has 5 nitrogen and oxygen atoms in total. The van der Waals surface area contributed by atoms with Gasteiger partial charge in [-0.3, -0.25) is 4.79 Å². The number of hydrogen-bond donors (Lipinski definition) is 1. The summed E-state index contributed by atoms with van der Waals surface area (Å²) in [6, 6.07) is 16.4. The van der Waals surface area contributed by atoms with Gasteiger partial charge in [0.05, 0.1) is 6.42 Å². The number of halogens is 1. The third-order valence-corrected chi connectivity index (χ3v) is 3.96. The van der Waals surface area contributed by atoms with Gasteiger partial charge in [0, 0.05) is 22.3 Å². The summed E-state index contributed by atoms with van der Waals surface area (Å²) in [5.41, 5.74) is 7.74. The minimum atomic E-state index is -0.367. The van der Waals surface area contributed by atoms with E-state index in [9.17, 15) is 4.79 Å². The van der Waals surface area contributed by atoms with E-state index in [0.717, 1.165) is 23.2 Å². The number of carbonyl (C=O) groups is 1. The lowest BCUT2D eigenvalue weighted by atomic mass is 10.1. The molecular weight excluding hydrogens is 350 g/mol. The van der Waals surface area contributed by atoms with Gasteiger partial charge < -0.3 is 10.5 Å². The second-order valence-electron chi connectivity index (χ2n) is 5.77. The van der Waals surface area contributed by atoms with Gasteiger partial charge in [-0.05, 0) is 36.2 Å². The molecule has 1 heterocycles. The van der Waals surface area contributed by atoms with E-state index in [0.29, 0.717) is 22.5 Å². The Morgan fingerprint density at radius 3 is 2.54 bits per heavy atom. The van der Waals surface area contributed by atoms with Crippen LogP contribution in [0.25, 0.3) is 11.4 Å². The molecule has 132 valence electrons. The second kappa shape index (κ2) is 7.97.